The van der Waals surface area contributed by atoms with Crippen LogP contribution in [0.1, 0.15) is 43.2 Å². The molecule has 0 aliphatic heterocycles. The Kier molecular flexibility index (Phi) is 15.9. The molecule has 0 aliphatic rings. The van der Waals surface area contributed by atoms with E-state index in [-0.39, 0.29) is 68.3 Å². The Balaban J connectivity index is 0.00000901. The van der Waals surface area contributed by atoms with Gasteiger partial charge < -0.3 is 48.3 Å². The van der Waals surface area contributed by atoms with Gasteiger partial charge in [-0.2, -0.15) is 17.6 Å². The number of aromatic nitrogens is 4. The van der Waals surface area contributed by atoms with E-state index in [1.807, 2.05) is 0 Å². The smallest absolute Gasteiger partial charge is 0.327 e. The Morgan fingerprint density at radius 2 is 1.63 bits per heavy atom. The quantitative estimate of drug-likeness (QED) is 0.0594. The van der Waals surface area contributed by atoms with Crippen molar-refractivity contribution in [1.82, 2.24) is 41.2 Å². The largest absolute Gasteiger partial charge is 0.480 e. The summed E-state index contributed by atoms with van der Waals surface area (Å²) in [4.78, 5) is 99.0. The molecule has 3 rings (SSSR count). The van der Waals surface area contributed by atoms with Crippen LogP contribution in [-0.2, 0) is 30.5 Å². The highest BCUT2D eigenvalue weighted by atomic mass is 32.1. The maximum Gasteiger partial charge on any atom is 0.327 e. The number of carboxylic acids is 2. The number of anilines is 2. The van der Waals surface area contributed by atoms with Crippen molar-refractivity contribution in [2.45, 2.75) is 57.9 Å². The van der Waals surface area contributed by atoms with Gasteiger partial charge in [0.15, 0.2) is 11.2 Å². The number of hydrogen-bond acceptors (Lipinski definition) is 15. The lowest BCUT2D eigenvalue weighted by atomic mass is 10.1. The molecule has 0 radical (unpaired) electrons. The van der Waals surface area contributed by atoms with Gasteiger partial charge in [-0.1, -0.05) is 7.43 Å². The van der Waals surface area contributed by atoms with E-state index < -0.39 is 65.2 Å². The molecular weight excluding hydrogens is 690 g/mol. The molecule has 4 unspecified atom stereocenters. The Hall–Kier alpha value is -5.67. The van der Waals surface area contributed by atoms with E-state index in [1.165, 1.54) is 25.3 Å². The highest BCUT2D eigenvalue weighted by molar-refractivity contribution is 7.80. The van der Waals surface area contributed by atoms with Crippen LogP contribution >= 0.6 is 12.6 Å². The van der Waals surface area contributed by atoms with E-state index >= 15 is 0 Å². The number of nitrogens with two attached hydrogens (primary N) is 2. The molecule has 0 fully saturated rings. The number of benzene rings is 1. The summed E-state index contributed by atoms with van der Waals surface area (Å²) < 4.78 is 0. The summed E-state index contributed by atoms with van der Waals surface area (Å²) >= 11 is 3.85. The first-order valence-corrected chi connectivity index (χ1v) is 15.6. The molecule has 0 saturated carbocycles. The first kappa shape index (κ1) is 41.5. The monoisotopic (exact) mass is 731 g/mol. The predicted octanol–water partition coefficient (Wildman–Crippen LogP) is -2.00. The topological polar surface area (TPSA) is 327 Å². The summed E-state index contributed by atoms with van der Waals surface area (Å²) in [6.07, 6.45) is 1.01. The number of amides is 3. The number of thiol groups is 1. The molecule has 0 spiro atoms. The second-order valence-electron chi connectivity index (χ2n) is 10.9. The van der Waals surface area contributed by atoms with Crippen LogP contribution in [0.2, 0.25) is 0 Å². The summed E-state index contributed by atoms with van der Waals surface area (Å²) in [6, 6.07) is 1.24. The van der Waals surface area contributed by atoms with Gasteiger partial charge >= 0.3 is 11.9 Å². The van der Waals surface area contributed by atoms with Gasteiger partial charge in [0.2, 0.25) is 17.8 Å². The number of H-pyrrole nitrogens is 1. The zero-order valence-electron chi connectivity index (χ0n) is 26.6. The Morgan fingerprint density at radius 3 is 2.25 bits per heavy atom. The first-order valence-electron chi connectivity index (χ1n) is 15.0. The van der Waals surface area contributed by atoms with Gasteiger partial charge in [0.25, 0.3) is 11.5 Å². The van der Waals surface area contributed by atoms with E-state index in [0.29, 0.717) is 11.4 Å². The fourth-order valence-electron chi connectivity index (χ4n) is 4.21. The average Bonchev–Trinajstić information content (AvgIpc) is 3.07. The zero-order valence-corrected chi connectivity index (χ0v) is 27.5. The van der Waals surface area contributed by atoms with Crippen molar-refractivity contribution in [2.75, 3.05) is 29.9 Å². The highest BCUT2D eigenvalue weighted by Crippen LogP contribution is 2.12. The first-order chi connectivity index (χ1) is 23.7. The van der Waals surface area contributed by atoms with Crippen LogP contribution in [0, 0.1) is 0 Å². The van der Waals surface area contributed by atoms with Gasteiger partial charge in [-0.05, 0) is 37.6 Å². The standard InChI is InChI=1S/C29H37N11O9S.CH4/c1-13(23(42)38-20(12-50)28(48)49)35-25(44)18(30)11-32-10-17(41)6-7-19(27(46)47)37-24(43)14-2-4-15(5-3-14)33-8-16-9-34-22-21(36-16)26(45)40-29(31)39-22;/h2-5,9,13,18-20,32-33,50H,6-8,10-12,30H2,1H3,(H,35,44)(H,37,43)(H,38,42)(H,46,47)(H,48,49)(H3,31,34,39,40,45);1H4. The van der Waals surface area contributed by atoms with Crippen LogP contribution in [0.5, 0.6) is 0 Å². The van der Waals surface area contributed by atoms with Gasteiger partial charge in [0.05, 0.1) is 31.0 Å². The third-order valence-corrected chi connectivity index (χ3v) is 7.36. The number of nitrogens with one attached hydrogen (secondary N) is 6. The number of rotatable bonds is 19. The van der Waals surface area contributed by atoms with Gasteiger partial charge in [-0.15, -0.1) is 0 Å². The number of aromatic amines is 1. The molecule has 0 saturated heterocycles. The highest BCUT2D eigenvalue weighted by Gasteiger charge is 2.25. The van der Waals surface area contributed by atoms with Gasteiger partial charge in [-0.25, -0.2) is 19.6 Å². The molecule has 1 aromatic carbocycles. The fourth-order valence-corrected chi connectivity index (χ4v) is 4.46. The number of carbonyl (C=O) groups is 6. The molecule has 276 valence electrons. The molecular formula is C30H41N11O9S. The van der Waals surface area contributed by atoms with Crippen molar-refractivity contribution < 1.29 is 39.0 Å². The molecule has 3 amide bonds. The molecule has 0 bridgehead atoms. The third kappa shape index (κ3) is 12.6. The number of Topliss-reactive ketones (excluding diaryl/α,β-unsaturated/α-hetero) is 1. The van der Waals surface area contributed by atoms with Gasteiger partial charge in [0.1, 0.15) is 23.9 Å². The number of ketones is 1. The van der Waals surface area contributed by atoms with Crippen LogP contribution in [0.15, 0.2) is 35.3 Å². The minimum atomic E-state index is -1.37. The van der Waals surface area contributed by atoms with Crippen LogP contribution in [0.3, 0.4) is 0 Å². The Bertz CT molecular complexity index is 1790. The molecule has 3 aromatic rings. The predicted molar refractivity (Wildman–Crippen MR) is 188 cm³/mol. The summed E-state index contributed by atoms with van der Waals surface area (Å²) in [5.41, 5.74) is 12.1. The SMILES string of the molecule is C.CC(NC(=O)C(N)CNCC(=O)CCC(NC(=O)c1ccc(NCc2cnc3nc(N)[nH]c(=O)c3n2)cc1)C(=O)O)C(=O)NC(CS)C(=O)O. The molecule has 2 heterocycles. The number of hydrogen-bond donors (Lipinski definition) is 11. The molecule has 51 heavy (non-hydrogen) atoms. The van der Waals surface area contributed by atoms with Crippen molar-refractivity contribution in [2.24, 2.45) is 5.73 Å². The van der Waals surface area contributed by atoms with Crippen molar-refractivity contribution in [3.05, 3.63) is 52.1 Å². The molecule has 0 aliphatic carbocycles. The maximum absolute atomic E-state index is 12.7. The molecule has 20 nitrogen and oxygen atoms in total. The normalized spacial score (nSPS) is 13.1. The second-order valence-corrected chi connectivity index (χ2v) is 11.3. The van der Waals surface area contributed by atoms with Crippen molar-refractivity contribution in [3.8, 4) is 0 Å². The molecule has 4 atom stereocenters. The van der Waals surface area contributed by atoms with E-state index in [0.717, 1.165) is 0 Å². The van der Waals surface area contributed by atoms with Crippen molar-refractivity contribution in [3.63, 3.8) is 0 Å². The minimum Gasteiger partial charge on any atom is -0.480 e. The average molecular weight is 732 g/mol. The van der Waals surface area contributed by atoms with Crippen molar-refractivity contribution >= 4 is 70.9 Å². The van der Waals surface area contributed by atoms with Crippen LogP contribution in [0.4, 0.5) is 11.6 Å². The number of aliphatic carboxylic acids is 2. The fraction of sp³-hybridized carbons (Fsp3) is 0.400. The number of nitrogens with zero attached hydrogens (tertiary/aromatic N) is 3. The minimum absolute atomic E-state index is 0. The molecule has 12 N–H and O–H groups in total. The Morgan fingerprint density at radius 1 is 0.961 bits per heavy atom. The van der Waals surface area contributed by atoms with E-state index in [9.17, 15) is 38.7 Å². The van der Waals surface area contributed by atoms with Gasteiger partial charge in [-0.3, -0.25) is 29.0 Å². The zero-order chi connectivity index (χ0) is 37.0. The summed E-state index contributed by atoms with van der Waals surface area (Å²) in [5.74, 6) is -5.43. The number of carbonyl (C=O) groups excluding carboxylic acids is 4. The number of fused-ring (bicyclic) bond motifs is 1. The number of carboxylic acid groups (broad SMARTS) is 2. The molecule has 2 aromatic heterocycles. The molecule has 21 heteroatoms. The van der Waals surface area contributed by atoms with E-state index in [2.05, 4.69) is 59.1 Å². The van der Waals surface area contributed by atoms with E-state index in [4.69, 9.17) is 16.6 Å². The lowest BCUT2D eigenvalue weighted by molar-refractivity contribution is -0.141. The number of nitrogen functional groups attached to an aromatic ring is 1. The van der Waals surface area contributed by atoms with Crippen LogP contribution in [0.25, 0.3) is 11.2 Å². The summed E-state index contributed by atoms with van der Waals surface area (Å²) in [7, 11) is 0. The summed E-state index contributed by atoms with van der Waals surface area (Å²) in [5, 5.41) is 31.3. The summed E-state index contributed by atoms with van der Waals surface area (Å²) in [6.45, 7) is 1.12. The van der Waals surface area contributed by atoms with Crippen LogP contribution < -0.4 is 43.6 Å². The third-order valence-electron chi connectivity index (χ3n) is 6.99. The van der Waals surface area contributed by atoms with Crippen molar-refractivity contribution in [1.29, 1.82) is 0 Å². The lowest BCUT2D eigenvalue weighted by Gasteiger charge is -2.19. The van der Waals surface area contributed by atoms with E-state index in [1.54, 1.807) is 12.1 Å². The van der Waals surface area contributed by atoms with Gasteiger partial charge in [0, 0.05) is 30.0 Å². The maximum atomic E-state index is 12.7. The lowest BCUT2D eigenvalue weighted by Crippen LogP contribution is -2.55. The Labute approximate surface area is 296 Å². The second kappa shape index (κ2) is 19.5. The van der Waals surface area contributed by atoms with Crippen LogP contribution in [-0.4, -0.2) is 109 Å².